The first-order valence-corrected chi connectivity index (χ1v) is 15.4. The third-order valence-corrected chi connectivity index (χ3v) is 8.76. The summed E-state index contributed by atoms with van der Waals surface area (Å²) in [5.41, 5.74) is 3.57. The highest BCUT2D eigenvalue weighted by Crippen LogP contribution is 2.37. The van der Waals surface area contributed by atoms with Gasteiger partial charge in [0, 0.05) is 50.3 Å². The summed E-state index contributed by atoms with van der Waals surface area (Å²) in [6.07, 6.45) is 3.05. The molecule has 2 amide bonds. The molecular formula is C35H34F5N3O3. The van der Waals surface area contributed by atoms with E-state index in [2.05, 4.69) is 5.32 Å². The minimum atomic E-state index is -1.36. The first kappa shape index (κ1) is 31.7. The van der Waals surface area contributed by atoms with Crippen molar-refractivity contribution < 1.29 is 36.3 Å². The largest absolute Gasteiger partial charge is 0.488 e. The molecule has 1 N–H and O–H groups in total. The number of fused-ring (bicyclic) bond motifs is 2. The van der Waals surface area contributed by atoms with Crippen LogP contribution in [0, 0.1) is 29.1 Å². The summed E-state index contributed by atoms with van der Waals surface area (Å²) in [6.45, 7) is 2.39. The Balaban J connectivity index is 1.23. The van der Waals surface area contributed by atoms with Crippen molar-refractivity contribution in [2.24, 2.45) is 0 Å². The fourth-order valence-electron chi connectivity index (χ4n) is 6.39. The van der Waals surface area contributed by atoms with Crippen molar-refractivity contribution in [1.82, 2.24) is 15.1 Å². The number of carbonyl (C=O) groups excluding carboxylic acids is 2. The molecule has 2 fully saturated rings. The van der Waals surface area contributed by atoms with Crippen LogP contribution < -0.4 is 10.1 Å². The monoisotopic (exact) mass is 639 g/mol. The summed E-state index contributed by atoms with van der Waals surface area (Å²) < 4.78 is 74.4. The SMILES string of the molecule is CC(=O)N1CC2CC(c3ccc(CCCOc4c(F)ccc(F)c4F)cc3)=C(C(=O)N(Cc3cc(F)cc(F)c3)C3CC3)C(C1)N2. The van der Waals surface area contributed by atoms with Crippen molar-refractivity contribution in [3.63, 3.8) is 0 Å². The van der Waals surface area contributed by atoms with Gasteiger partial charge in [0.25, 0.3) is 5.91 Å². The van der Waals surface area contributed by atoms with E-state index in [0.717, 1.165) is 41.7 Å². The number of nitrogens with zero attached hydrogens (tertiary/aromatic N) is 2. The summed E-state index contributed by atoms with van der Waals surface area (Å²) in [5, 5.41) is 3.53. The van der Waals surface area contributed by atoms with Crippen molar-refractivity contribution in [3.8, 4) is 5.75 Å². The fourth-order valence-corrected chi connectivity index (χ4v) is 6.39. The number of piperazine rings is 1. The topological polar surface area (TPSA) is 61.9 Å². The molecule has 0 aromatic heterocycles. The first-order valence-electron chi connectivity index (χ1n) is 15.4. The minimum Gasteiger partial charge on any atom is -0.488 e. The molecule has 1 saturated carbocycles. The Morgan fingerprint density at radius 2 is 1.61 bits per heavy atom. The molecule has 3 aliphatic rings. The van der Waals surface area contributed by atoms with Crippen LogP contribution in [0.1, 0.15) is 49.3 Å². The van der Waals surface area contributed by atoms with Crippen LogP contribution in [0.4, 0.5) is 22.0 Å². The molecule has 242 valence electrons. The van der Waals surface area contributed by atoms with Gasteiger partial charge < -0.3 is 19.9 Å². The second-order valence-corrected chi connectivity index (χ2v) is 12.2. The number of ether oxygens (including phenoxy) is 1. The maximum atomic E-state index is 14.4. The highest BCUT2D eigenvalue weighted by atomic mass is 19.2. The number of nitrogens with one attached hydrogen (secondary N) is 1. The van der Waals surface area contributed by atoms with E-state index in [9.17, 15) is 31.5 Å². The number of halogens is 5. The highest BCUT2D eigenvalue weighted by Gasteiger charge is 2.43. The van der Waals surface area contributed by atoms with Crippen molar-refractivity contribution in [2.45, 2.75) is 63.7 Å². The number of rotatable bonds is 10. The zero-order valence-electron chi connectivity index (χ0n) is 25.3. The normalized spacial score (nSPS) is 19.3. The number of benzene rings is 3. The molecule has 11 heteroatoms. The fraction of sp³-hybridized carbons (Fsp3) is 0.371. The van der Waals surface area contributed by atoms with Gasteiger partial charge in [-0.2, -0.15) is 4.39 Å². The summed E-state index contributed by atoms with van der Waals surface area (Å²) >= 11 is 0. The van der Waals surface area contributed by atoms with E-state index in [1.54, 1.807) is 9.80 Å². The van der Waals surface area contributed by atoms with Crippen molar-refractivity contribution in [3.05, 3.63) is 106 Å². The predicted molar refractivity (Wildman–Crippen MR) is 161 cm³/mol. The Hall–Kier alpha value is -4.25. The van der Waals surface area contributed by atoms with Gasteiger partial charge in [-0.25, -0.2) is 17.6 Å². The number of carbonyl (C=O) groups is 2. The summed E-state index contributed by atoms with van der Waals surface area (Å²) in [4.78, 5) is 30.2. The molecule has 6 nitrogen and oxygen atoms in total. The second kappa shape index (κ2) is 13.2. The highest BCUT2D eigenvalue weighted by molar-refractivity contribution is 6.03. The maximum Gasteiger partial charge on any atom is 0.252 e. The number of aryl methyl sites for hydroxylation is 1. The van der Waals surface area contributed by atoms with Crippen LogP contribution in [-0.2, 0) is 22.6 Å². The van der Waals surface area contributed by atoms with Crippen molar-refractivity contribution in [2.75, 3.05) is 19.7 Å². The lowest BCUT2D eigenvalue weighted by molar-refractivity contribution is -0.132. The molecule has 1 aliphatic carbocycles. The van der Waals surface area contributed by atoms with E-state index in [4.69, 9.17) is 4.74 Å². The lowest BCUT2D eigenvalue weighted by atomic mass is 9.82. The Morgan fingerprint density at radius 1 is 0.913 bits per heavy atom. The van der Waals surface area contributed by atoms with Crippen LogP contribution in [0.15, 0.2) is 60.2 Å². The molecule has 2 heterocycles. The average Bonchev–Trinajstić information content (AvgIpc) is 3.86. The van der Waals surface area contributed by atoms with Gasteiger partial charge in [-0.1, -0.05) is 24.3 Å². The molecule has 0 radical (unpaired) electrons. The van der Waals surface area contributed by atoms with Gasteiger partial charge in [-0.15, -0.1) is 0 Å². The molecule has 3 aromatic carbocycles. The second-order valence-electron chi connectivity index (χ2n) is 12.2. The molecule has 2 unspecified atom stereocenters. The van der Waals surface area contributed by atoms with E-state index < -0.39 is 40.9 Å². The average molecular weight is 640 g/mol. The zero-order chi connectivity index (χ0) is 32.5. The lowest BCUT2D eigenvalue weighted by Crippen LogP contribution is -2.61. The molecule has 3 aromatic rings. The van der Waals surface area contributed by atoms with E-state index >= 15 is 0 Å². The Morgan fingerprint density at radius 3 is 2.28 bits per heavy atom. The lowest BCUT2D eigenvalue weighted by Gasteiger charge is -2.44. The van der Waals surface area contributed by atoms with Crippen LogP contribution in [-0.4, -0.2) is 59.4 Å². The molecule has 2 aliphatic heterocycles. The summed E-state index contributed by atoms with van der Waals surface area (Å²) in [5.74, 6) is -5.94. The third-order valence-electron chi connectivity index (χ3n) is 8.76. The van der Waals surface area contributed by atoms with Gasteiger partial charge in [0.05, 0.1) is 12.6 Å². The molecule has 2 bridgehead atoms. The van der Waals surface area contributed by atoms with E-state index in [1.165, 1.54) is 19.1 Å². The van der Waals surface area contributed by atoms with Gasteiger partial charge in [-0.3, -0.25) is 9.59 Å². The van der Waals surface area contributed by atoms with Crippen LogP contribution in [0.5, 0.6) is 5.75 Å². The van der Waals surface area contributed by atoms with Crippen LogP contribution in [0.25, 0.3) is 5.57 Å². The van der Waals surface area contributed by atoms with Gasteiger partial charge in [0.15, 0.2) is 17.4 Å². The molecule has 1 saturated heterocycles. The summed E-state index contributed by atoms with van der Waals surface area (Å²) in [6, 6.07) is 12.0. The van der Waals surface area contributed by atoms with Crippen LogP contribution in [0.3, 0.4) is 0 Å². The van der Waals surface area contributed by atoms with Gasteiger partial charge in [0.1, 0.15) is 11.6 Å². The number of hydrogen-bond acceptors (Lipinski definition) is 4. The third kappa shape index (κ3) is 6.94. The molecule has 2 atom stereocenters. The van der Waals surface area contributed by atoms with E-state index in [0.29, 0.717) is 49.6 Å². The molecule has 6 rings (SSSR count). The van der Waals surface area contributed by atoms with Gasteiger partial charge in [0.2, 0.25) is 11.7 Å². The van der Waals surface area contributed by atoms with Gasteiger partial charge >= 0.3 is 0 Å². The van der Waals surface area contributed by atoms with Crippen molar-refractivity contribution >= 4 is 17.4 Å². The quantitative estimate of drug-likeness (QED) is 0.170. The van der Waals surface area contributed by atoms with Gasteiger partial charge in [-0.05, 0) is 78.6 Å². The minimum absolute atomic E-state index is 0.0171. The number of hydrogen-bond donors (Lipinski definition) is 1. The standard InChI is InChI=1S/C35H34F5N3O3/c1-20(44)42-18-26-16-28(23-6-4-21(5-7-23)3-2-12-46-34-30(39)11-10-29(38)33(34)40)32(31(19-42)41-26)35(45)43(27-8-9-27)17-22-13-24(36)15-25(37)14-22/h4-7,10-11,13-15,26-27,31,41H,2-3,8-9,12,16-19H2,1H3. The predicted octanol–water partition coefficient (Wildman–Crippen LogP) is 5.93. The molecule has 46 heavy (non-hydrogen) atoms. The van der Waals surface area contributed by atoms with Crippen molar-refractivity contribution in [1.29, 1.82) is 0 Å². The Bertz CT molecular complexity index is 1650. The summed E-state index contributed by atoms with van der Waals surface area (Å²) in [7, 11) is 0. The Labute approximate surface area is 263 Å². The van der Waals surface area contributed by atoms with Crippen LogP contribution in [0.2, 0.25) is 0 Å². The first-order chi connectivity index (χ1) is 22.1. The number of amides is 2. The van der Waals surface area contributed by atoms with E-state index in [-0.39, 0.29) is 37.0 Å². The molecular weight excluding hydrogens is 605 g/mol. The maximum absolute atomic E-state index is 14.4. The zero-order valence-corrected chi connectivity index (χ0v) is 25.3. The molecule has 0 spiro atoms. The smallest absolute Gasteiger partial charge is 0.252 e. The van der Waals surface area contributed by atoms with Crippen LogP contribution >= 0.6 is 0 Å². The Kier molecular flexibility index (Phi) is 9.13. The van der Waals surface area contributed by atoms with E-state index in [1.807, 2.05) is 24.3 Å².